The van der Waals surface area contributed by atoms with Gasteiger partial charge in [0.05, 0.1) is 16.4 Å². The zero-order chi connectivity index (χ0) is 17.9. The molecule has 0 aliphatic heterocycles. The molecule has 1 aromatic carbocycles. The van der Waals surface area contributed by atoms with Crippen LogP contribution in [0.4, 0.5) is 0 Å². The topological polar surface area (TPSA) is 17.8 Å². The van der Waals surface area contributed by atoms with E-state index >= 15 is 0 Å². The molecule has 0 radical (unpaired) electrons. The summed E-state index contributed by atoms with van der Waals surface area (Å²) >= 11 is 14.1. The van der Waals surface area contributed by atoms with Gasteiger partial charge in [0, 0.05) is 29.1 Å². The zero-order valence-corrected chi connectivity index (χ0v) is 17.3. The standard InChI is InChI=1S/C20H28Cl2N2S/c1-2-3-4-5-6-7-8-9-18(15-24-13-12-23-16-24)25-17-10-11-19(21)20(22)14-17/h10-14,16,18H,2-9,15H2,1H3. The number of imidazole rings is 1. The van der Waals surface area contributed by atoms with E-state index in [-0.39, 0.29) is 0 Å². The van der Waals surface area contributed by atoms with Gasteiger partial charge in [0.25, 0.3) is 0 Å². The Morgan fingerprint density at radius 3 is 2.48 bits per heavy atom. The molecule has 0 aliphatic carbocycles. The van der Waals surface area contributed by atoms with Crippen LogP contribution in [0.15, 0.2) is 41.8 Å². The molecule has 0 spiro atoms. The number of nitrogens with zero attached hydrogens (tertiary/aromatic N) is 2. The van der Waals surface area contributed by atoms with E-state index in [0.717, 1.165) is 6.54 Å². The minimum absolute atomic E-state index is 0.516. The number of aromatic nitrogens is 2. The van der Waals surface area contributed by atoms with Crippen LogP contribution in [0.1, 0.15) is 58.3 Å². The summed E-state index contributed by atoms with van der Waals surface area (Å²) in [4.78, 5) is 5.34. The van der Waals surface area contributed by atoms with Gasteiger partial charge in [-0.05, 0) is 24.6 Å². The summed E-state index contributed by atoms with van der Waals surface area (Å²) in [6.45, 7) is 3.24. The molecule has 0 amide bonds. The van der Waals surface area contributed by atoms with Crippen LogP contribution in [-0.4, -0.2) is 14.8 Å². The summed E-state index contributed by atoms with van der Waals surface area (Å²) in [5.41, 5.74) is 0. The zero-order valence-electron chi connectivity index (χ0n) is 15.0. The van der Waals surface area contributed by atoms with E-state index in [2.05, 4.69) is 22.5 Å². The van der Waals surface area contributed by atoms with Crippen molar-refractivity contribution in [2.45, 2.75) is 75.0 Å². The molecule has 0 aliphatic rings. The van der Waals surface area contributed by atoms with Gasteiger partial charge in [0.1, 0.15) is 0 Å². The highest BCUT2D eigenvalue weighted by Crippen LogP contribution is 2.32. The monoisotopic (exact) mass is 398 g/mol. The Morgan fingerprint density at radius 2 is 1.80 bits per heavy atom. The maximum Gasteiger partial charge on any atom is 0.0946 e. The molecule has 1 unspecified atom stereocenters. The van der Waals surface area contributed by atoms with Crippen LogP contribution < -0.4 is 0 Å². The molecule has 25 heavy (non-hydrogen) atoms. The number of rotatable bonds is 12. The summed E-state index contributed by atoms with van der Waals surface area (Å²) in [6.07, 6.45) is 16.4. The van der Waals surface area contributed by atoms with Gasteiger partial charge in [0.2, 0.25) is 0 Å². The lowest BCUT2D eigenvalue weighted by Crippen LogP contribution is -2.12. The molecule has 2 aromatic rings. The minimum Gasteiger partial charge on any atom is -0.336 e. The second kappa shape index (κ2) is 11.9. The first-order valence-corrected chi connectivity index (χ1v) is 10.9. The largest absolute Gasteiger partial charge is 0.336 e. The lowest BCUT2D eigenvalue weighted by Gasteiger charge is -2.17. The smallest absolute Gasteiger partial charge is 0.0946 e. The number of thioether (sulfide) groups is 1. The van der Waals surface area contributed by atoms with Crippen molar-refractivity contribution < 1.29 is 0 Å². The Labute approximate surface area is 166 Å². The van der Waals surface area contributed by atoms with Gasteiger partial charge < -0.3 is 4.57 Å². The second-order valence-electron chi connectivity index (χ2n) is 6.49. The van der Waals surface area contributed by atoms with Gasteiger partial charge in [-0.1, -0.05) is 75.1 Å². The van der Waals surface area contributed by atoms with Crippen molar-refractivity contribution >= 4 is 35.0 Å². The van der Waals surface area contributed by atoms with Crippen molar-refractivity contribution in [3.63, 3.8) is 0 Å². The van der Waals surface area contributed by atoms with Crippen molar-refractivity contribution in [3.05, 3.63) is 47.0 Å². The molecular formula is C20H28Cl2N2S. The SMILES string of the molecule is CCCCCCCCCC(Cn1ccnc1)Sc1ccc(Cl)c(Cl)c1. The quantitative estimate of drug-likeness (QED) is 0.272. The Bertz CT molecular complexity index is 602. The predicted octanol–water partition coefficient (Wildman–Crippen LogP) is 7.49. The van der Waals surface area contributed by atoms with E-state index in [1.54, 1.807) is 0 Å². The van der Waals surface area contributed by atoms with Crippen molar-refractivity contribution in [2.75, 3.05) is 0 Å². The number of unbranched alkanes of at least 4 members (excludes halogenated alkanes) is 6. The molecule has 2 nitrogen and oxygen atoms in total. The Balaban J connectivity index is 1.83. The molecule has 5 heteroatoms. The first-order valence-electron chi connectivity index (χ1n) is 9.26. The number of benzene rings is 1. The number of halogens is 2. The maximum atomic E-state index is 6.17. The van der Waals surface area contributed by atoms with Crippen molar-refractivity contribution in [1.29, 1.82) is 0 Å². The fourth-order valence-electron chi connectivity index (χ4n) is 2.89. The number of hydrogen-bond acceptors (Lipinski definition) is 2. The second-order valence-corrected chi connectivity index (χ2v) is 8.67. The highest BCUT2D eigenvalue weighted by Gasteiger charge is 2.12. The van der Waals surface area contributed by atoms with Crippen LogP contribution in [0.2, 0.25) is 10.0 Å². The molecule has 1 aromatic heterocycles. The summed E-state index contributed by atoms with van der Waals surface area (Å²) in [5, 5.41) is 1.76. The van der Waals surface area contributed by atoms with Crippen LogP contribution in [0, 0.1) is 0 Å². The highest BCUT2D eigenvalue weighted by atomic mass is 35.5. The molecule has 0 bridgehead atoms. The molecule has 0 N–H and O–H groups in total. The Morgan fingerprint density at radius 1 is 1.04 bits per heavy atom. The van der Waals surface area contributed by atoms with Crippen LogP contribution in [-0.2, 0) is 6.54 Å². The first-order chi connectivity index (χ1) is 12.2. The first kappa shape index (κ1) is 20.7. The van der Waals surface area contributed by atoms with E-state index in [4.69, 9.17) is 23.2 Å². The van der Waals surface area contributed by atoms with Gasteiger partial charge in [-0.25, -0.2) is 4.98 Å². The lowest BCUT2D eigenvalue weighted by atomic mass is 10.1. The summed E-state index contributed by atoms with van der Waals surface area (Å²) in [7, 11) is 0. The van der Waals surface area contributed by atoms with Gasteiger partial charge >= 0.3 is 0 Å². The minimum atomic E-state index is 0.516. The van der Waals surface area contributed by atoms with Gasteiger partial charge in [0.15, 0.2) is 0 Å². The lowest BCUT2D eigenvalue weighted by molar-refractivity contribution is 0.546. The van der Waals surface area contributed by atoms with Crippen molar-refractivity contribution in [1.82, 2.24) is 9.55 Å². The third-order valence-corrected chi connectivity index (χ3v) is 6.28. The van der Waals surface area contributed by atoms with Gasteiger partial charge in [-0.2, -0.15) is 0 Å². The van der Waals surface area contributed by atoms with Crippen molar-refractivity contribution in [3.8, 4) is 0 Å². The van der Waals surface area contributed by atoms with Crippen LogP contribution in [0.3, 0.4) is 0 Å². The molecule has 1 atom stereocenters. The molecule has 2 rings (SSSR count). The van der Waals surface area contributed by atoms with Crippen LogP contribution in [0.5, 0.6) is 0 Å². The van der Waals surface area contributed by atoms with Crippen LogP contribution >= 0.6 is 35.0 Å². The molecular weight excluding hydrogens is 371 g/mol. The van der Waals surface area contributed by atoms with Crippen molar-refractivity contribution in [2.24, 2.45) is 0 Å². The van der Waals surface area contributed by atoms with Gasteiger partial charge in [-0.15, -0.1) is 11.8 Å². The Hall–Kier alpha value is -0.640. The Kier molecular flexibility index (Phi) is 9.82. The van der Waals surface area contributed by atoms with E-state index in [1.807, 2.05) is 42.6 Å². The van der Waals surface area contributed by atoms with E-state index < -0.39 is 0 Å². The highest BCUT2D eigenvalue weighted by molar-refractivity contribution is 8.00. The van der Waals surface area contributed by atoms with Crippen LogP contribution in [0.25, 0.3) is 0 Å². The molecule has 138 valence electrons. The summed E-state index contributed by atoms with van der Waals surface area (Å²) in [6, 6.07) is 5.92. The van der Waals surface area contributed by atoms with E-state index in [0.29, 0.717) is 15.3 Å². The van der Waals surface area contributed by atoms with Gasteiger partial charge in [-0.3, -0.25) is 0 Å². The fourth-order valence-corrected chi connectivity index (χ4v) is 4.50. The average molecular weight is 399 g/mol. The fraction of sp³-hybridized carbons (Fsp3) is 0.550. The predicted molar refractivity (Wildman–Crippen MR) is 111 cm³/mol. The normalized spacial score (nSPS) is 12.4. The summed E-state index contributed by atoms with van der Waals surface area (Å²) in [5.74, 6) is 0. The molecule has 1 heterocycles. The summed E-state index contributed by atoms with van der Waals surface area (Å²) < 4.78 is 2.16. The third kappa shape index (κ3) is 8.06. The maximum absolute atomic E-state index is 6.17. The van der Waals surface area contributed by atoms with E-state index in [9.17, 15) is 0 Å². The number of hydrogen-bond donors (Lipinski definition) is 0. The average Bonchev–Trinajstić information content (AvgIpc) is 3.10. The molecule has 0 fully saturated rings. The third-order valence-electron chi connectivity index (χ3n) is 4.30. The molecule has 0 saturated heterocycles. The van der Waals surface area contributed by atoms with E-state index in [1.165, 1.54) is 56.3 Å². The molecule has 0 saturated carbocycles.